The van der Waals surface area contributed by atoms with Gasteiger partial charge in [-0.25, -0.2) is 9.37 Å². The Morgan fingerprint density at radius 2 is 2.00 bits per heavy atom. The zero-order valence-electron chi connectivity index (χ0n) is 21.3. The van der Waals surface area contributed by atoms with Gasteiger partial charge in [0.15, 0.2) is 5.82 Å². The van der Waals surface area contributed by atoms with E-state index in [1.807, 2.05) is 56.3 Å². The Hall–Kier alpha value is -4.63. The first-order chi connectivity index (χ1) is 18.6. The van der Waals surface area contributed by atoms with Crippen LogP contribution < -0.4 is 16.4 Å². The van der Waals surface area contributed by atoms with Crippen molar-refractivity contribution in [1.82, 2.24) is 25.3 Å². The lowest BCUT2D eigenvalue weighted by molar-refractivity contribution is 0.621. The largest absolute Gasteiger partial charge is 0.404 e. The van der Waals surface area contributed by atoms with Crippen LogP contribution in [0.3, 0.4) is 0 Å². The number of likely N-dealkylation sites (N-methyl/N-ethyl adjacent to an activating group) is 1. The number of allylic oxidation sites excluding steroid dienone is 3. The van der Waals surface area contributed by atoms with Crippen LogP contribution in [0.5, 0.6) is 0 Å². The molecule has 9 heteroatoms. The molecule has 1 aromatic carbocycles. The minimum atomic E-state index is -0.419. The van der Waals surface area contributed by atoms with Gasteiger partial charge in [0.05, 0.1) is 16.8 Å². The van der Waals surface area contributed by atoms with Crippen LogP contribution in [0.1, 0.15) is 30.8 Å². The van der Waals surface area contributed by atoms with Gasteiger partial charge in [0.1, 0.15) is 23.7 Å². The molecule has 0 saturated heterocycles. The van der Waals surface area contributed by atoms with Crippen molar-refractivity contribution in [3.8, 4) is 11.3 Å². The van der Waals surface area contributed by atoms with Crippen LogP contribution >= 0.6 is 0 Å². The smallest absolute Gasteiger partial charge is 0.157 e. The summed E-state index contributed by atoms with van der Waals surface area (Å²) in [5, 5.41) is 6.48. The van der Waals surface area contributed by atoms with Gasteiger partial charge in [0.25, 0.3) is 0 Å². The molecule has 38 heavy (non-hydrogen) atoms. The molecule has 8 nitrogen and oxygen atoms in total. The fourth-order valence-electron chi connectivity index (χ4n) is 4.48. The highest BCUT2D eigenvalue weighted by Crippen LogP contribution is 2.33. The maximum Gasteiger partial charge on any atom is 0.157 e. The number of hydrogen-bond acceptors (Lipinski definition) is 7. The number of H-pyrrole nitrogens is 1. The molecule has 1 aliphatic rings. The van der Waals surface area contributed by atoms with E-state index in [9.17, 15) is 0 Å². The maximum atomic E-state index is 16.3. The summed E-state index contributed by atoms with van der Waals surface area (Å²) in [5.74, 6) is 0.0512. The second-order valence-corrected chi connectivity index (χ2v) is 8.69. The molecule has 5 rings (SSSR count). The van der Waals surface area contributed by atoms with Crippen molar-refractivity contribution in [2.24, 2.45) is 10.7 Å². The summed E-state index contributed by atoms with van der Waals surface area (Å²) in [6.45, 7) is 5.76. The molecule has 0 saturated carbocycles. The summed E-state index contributed by atoms with van der Waals surface area (Å²) in [6, 6.07) is 9.20. The number of fused-ring (bicyclic) bond motifs is 2. The first-order valence-electron chi connectivity index (χ1n) is 12.5. The number of hydrogen-bond donors (Lipinski definition) is 4. The molecule has 0 amide bonds. The highest BCUT2D eigenvalue weighted by atomic mass is 19.1. The van der Waals surface area contributed by atoms with Gasteiger partial charge in [-0.3, -0.25) is 15.0 Å². The number of aliphatic imine (C=N–C) groups is 1. The van der Waals surface area contributed by atoms with E-state index in [1.54, 1.807) is 24.7 Å². The number of aromatic amines is 1. The van der Waals surface area contributed by atoms with Crippen LogP contribution in [0.15, 0.2) is 83.9 Å². The van der Waals surface area contributed by atoms with Crippen LogP contribution in [0.2, 0.25) is 0 Å². The van der Waals surface area contributed by atoms with Gasteiger partial charge < -0.3 is 21.4 Å². The van der Waals surface area contributed by atoms with Crippen LogP contribution in [-0.2, 0) is 0 Å². The molecule has 192 valence electrons. The van der Waals surface area contributed by atoms with Crippen molar-refractivity contribution in [1.29, 1.82) is 0 Å². The molecule has 0 aliphatic carbocycles. The Bertz CT molecular complexity index is 1580. The van der Waals surface area contributed by atoms with Crippen LogP contribution in [0, 0.1) is 5.82 Å². The monoisotopic (exact) mass is 508 g/mol. The second-order valence-electron chi connectivity index (χ2n) is 8.69. The topological polar surface area (TPSA) is 117 Å². The maximum absolute atomic E-state index is 16.3. The molecule has 0 fully saturated rings. The van der Waals surface area contributed by atoms with Crippen LogP contribution in [-0.4, -0.2) is 45.4 Å². The van der Waals surface area contributed by atoms with Gasteiger partial charge in [-0.05, 0) is 55.4 Å². The van der Waals surface area contributed by atoms with E-state index in [4.69, 9.17) is 10.7 Å². The van der Waals surface area contributed by atoms with E-state index in [0.717, 1.165) is 23.2 Å². The minimum Gasteiger partial charge on any atom is -0.404 e. The normalized spacial score (nSPS) is 14.0. The molecule has 0 atom stereocenters. The van der Waals surface area contributed by atoms with Crippen molar-refractivity contribution < 1.29 is 4.39 Å². The highest BCUT2D eigenvalue weighted by molar-refractivity contribution is 6.16. The first-order valence-corrected chi connectivity index (χ1v) is 12.5. The van der Waals surface area contributed by atoms with Gasteiger partial charge in [-0.15, -0.1) is 0 Å². The Kier molecular flexibility index (Phi) is 7.37. The van der Waals surface area contributed by atoms with Crippen LogP contribution in [0.25, 0.3) is 27.9 Å². The SMILES string of the molecule is C\C=C/C(=C\C(=C/N)c1ccc2c(c1F)C(c1nc3c(-c4ccncc4)nccc3[nH]1)=NCN2)CNCC. The number of rotatable bonds is 8. The summed E-state index contributed by atoms with van der Waals surface area (Å²) in [7, 11) is 0. The third-order valence-corrected chi connectivity index (χ3v) is 6.26. The van der Waals surface area contributed by atoms with E-state index in [-0.39, 0.29) is 0 Å². The average Bonchev–Trinajstić information content (AvgIpc) is 3.40. The molecule has 5 N–H and O–H groups in total. The Morgan fingerprint density at radius 1 is 1.16 bits per heavy atom. The lowest BCUT2D eigenvalue weighted by Crippen LogP contribution is -2.20. The summed E-state index contributed by atoms with van der Waals surface area (Å²) in [5.41, 5.74) is 12.5. The number of benzene rings is 1. The molecule has 3 aromatic heterocycles. The predicted molar refractivity (Wildman–Crippen MR) is 151 cm³/mol. The van der Waals surface area contributed by atoms with E-state index >= 15 is 4.39 Å². The van der Waals surface area contributed by atoms with Gasteiger partial charge in [-0.1, -0.05) is 19.1 Å². The van der Waals surface area contributed by atoms with E-state index < -0.39 is 5.82 Å². The third-order valence-electron chi connectivity index (χ3n) is 6.26. The average molecular weight is 509 g/mol. The number of imidazole rings is 1. The standard InChI is InChI=1S/C29H29FN8/c1-3-5-18(16-32-4-2)14-20(15-31)21-6-7-22-24(25(21)30)28(36-17-35-22)29-37-23-10-13-34-26(27(23)38-29)19-8-11-33-12-9-19/h3,5-15,32,35H,4,16-17,31H2,1-2H3,(H,37,38)/b5-3-,18-14+,20-15+. The Morgan fingerprint density at radius 3 is 2.76 bits per heavy atom. The van der Waals surface area contributed by atoms with E-state index in [0.29, 0.717) is 58.3 Å². The highest BCUT2D eigenvalue weighted by Gasteiger charge is 2.26. The van der Waals surface area contributed by atoms with Crippen LogP contribution in [0.4, 0.5) is 10.1 Å². The summed E-state index contributed by atoms with van der Waals surface area (Å²) >= 11 is 0. The molecule has 1 aliphatic heterocycles. The van der Waals surface area contributed by atoms with Crippen molar-refractivity contribution in [2.45, 2.75) is 13.8 Å². The zero-order chi connectivity index (χ0) is 26.5. The molecular weight excluding hydrogens is 479 g/mol. The van der Waals surface area contributed by atoms with Crippen molar-refractivity contribution in [3.63, 3.8) is 0 Å². The molecular formula is C29H29FN8. The number of nitrogens with one attached hydrogen (secondary N) is 3. The number of halogens is 1. The molecule has 4 aromatic rings. The quantitative estimate of drug-likeness (QED) is 0.254. The predicted octanol–water partition coefficient (Wildman–Crippen LogP) is 4.79. The number of nitrogens with two attached hydrogens (primary N) is 1. The van der Waals surface area contributed by atoms with E-state index in [1.165, 1.54) is 6.20 Å². The summed E-state index contributed by atoms with van der Waals surface area (Å²) in [6.07, 6.45) is 12.4. The van der Waals surface area contributed by atoms with E-state index in [2.05, 4.69) is 30.6 Å². The fraction of sp³-hybridized carbons (Fsp3) is 0.172. The van der Waals surface area contributed by atoms with Gasteiger partial charge >= 0.3 is 0 Å². The summed E-state index contributed by atoms with van der Waals surface area (Å²) < 4.78 is 16.3. The van der Waals surface area contributed by atoms with Gasteiger partial charge in [0.2, 0.25) is 0 Å². The summed E-state index contributed by atoms with van der Waals surface area (Å²) in [4.78, 5) is 21.4. The minimum absolute atomic E-state index is 0.307. The number of pyridine rings is 2. The number of nitrogens with zero attached hydrogens (tertiary/aromatic N) is 4. The number of aromatic nitrogens is 4. The van der Waals surface area contributed by atoms with Crippen molar-refractivity contribution in [3.05, 3.63) is 102 Å². The second kappa shape index (κ2) is 11.2. The molecule has 4 heterocycles. The number of anilines is 1. The van der Waals surface area contributed by atoms with Gasteiger partial charge in [-0.2, -0.15) is 0 Å². The molecule has 0 spiro atoms. The van der Waals surface area contributed by atoms with Gasteiger partial charge in [0, 0.05) is 53.7 Å². The molecule has 0 unspecified atom stereocenters. The fourth-order valence-corrected chi connectivity index (χ4v) is 4.48. The third kappa shape index (κ3) is 4.83. The lowest BCUT2D eigenvalue weighted by Gasteiger charge is -2.20. The lowest BCUT2D eigenvalue weighted by atomic mass is 9.96. The van der Waals surface area contributed by atoms with Crippen molar-refractivity contribution >= 4 is 28.0 Å². The molecule has 0 radical (unpaired) electrons. The zero-order valence-corrected chi connectivity index (χ0v) is 21.3. The molecule has 0 bridgehead atoms. The Balaban J connectivity index is 1.59. The Labute approximate surface area is 220 Å². The first kappa shape index (κ1) is 25.0. The van der Waals surface area contributed by atoms with Crippen molar-refractivity contribution in [2.75, 3.05) is 25.1 Å².